The molecule has 0 aliphatic rings. The molecule has 0 fully saturated rings. The molecule has 19 heavy (non-hydrogen) atoms. The van der Waals surface area contributed by atoms with E-state index in [2.05, 4.69) is 20.6 Å². The van der Waals surface area contributed by atoms with Gasteiger partial charge in [0.05, 0.1) is 12.8 Å². The number of anilines is 3. The van der Waals surface area contributed by atoms with Crippen molar-refractivity contribution in [2.24, 2.45) is 0 Å². The number of aromatic nitrogens is 2. The van der Waals surface area contributed by atoms with Gasteiger partial charge in [-0.05, 0) is 25.1 Å². The Balaban J connectivity index is 2.25. The first-order valence-electron chi connectivity index (χ1n) is 5.89. The maximum atomic E-state index is 5.98. The summed E-state index contributed by atoms with van der Waals surface area (Å²) in [5.74, 6) is 2.14. The number of nitrogens with zero attached hydrogens (tertiary/aromatic N) is 2. The van der Waals surface area contributed by atoms with Gasteiger partial charge in [0, 0.05) is 17.6 Å². The summed E-state index contributed by atoms with van der Waals surface area (Å²) < 4.78 is 5.27. The Morgan fingerprint density at radius 3 is 2.74 bits per heavy atom. The van der Waals surface area contributed by atoms with Crippen LogP contribution >= 0.6 is 11.6 Å². The molecule has 0 aliphatic heterocycles. The Kier molecular flexibility index (Phi) is 4.41. The number of benzene rings is 1. The Morgan fingerprint density at radius 1 is 1.21 bits per heavy atom. The zero-order valence-electron chi connectivity index (χ0n) is 10.8. The minimum absolute atomic E-state index is 0.629. The van der Waals surface area contributed by atoms with Gasteiger partial charge in [0.2, 0.25) is 0 Å². The van der Waals surface area contributed by atoms with E-state index >= 15 is 0 Å². The van der Waals surface area contributed by atoms with Crippen molar-refractivity contribution in [2.45, 2.75) is 6.92 Å². The topological polar surface area (TPSA) is 59.1 Å². The van der Waals surface area contributed by atoms with Crippen molar-refractivity contribution in [3.05, 3.63) is 35.6 Å². The first-order chi connectivity index (χ1) is 9.22. The fourth-order valence-corrected chi connectivity index (χ4v) is 1.79. The number of ether oxygens (including phenoxy) is 1. The number of hydrogen-bond acceptors (Lipinski definition) is 5. The molecule has 0 unspecified atom stereocenters. The second-order valence-electron chi connectivity index (χ2n) is 3.79. The SMILES string of the molecule is CCNc1cc(Nc2cc(Cl)ccc2OC)ncn1. The average molecular weight is 279 g/mol. The lowest BCUT2D eigenvalue weighted by molar-refractivity contribution is 0.417. The van der Waals surface area contributed by atoms with Crippen LogP contribution in [0.5, 0.6) is 5.75 Å². The van der Waals surface area contributed by atoms with Crippen molar-refractivity contribution < 1.29 is 4.74 Å². The Labute approximate surface area is 117 Å². The number of rotatable bonds is 5. The van der Waals surface area contributed by atoms with Gasteiger partial charge in [-0.15, -0.1) is 0 Å². The molecule has 0 atom stereocenters. The van der Waals surface area contributed by atoms with Crippen LogP contribution in [-0.4, -0.2) is 23.6 Å². The molecule has 2 aromatic rings. The minimum Gasteiger partial charge on any atom is -0.495 e. The van der Waals surface area contributed by atoms with Crippen molar-refractivity contribution in [1.82, 2.24) is 9.97 Å². The molecule has 2 rings (SSSR count). The lowest BCUT2D eigenvalue weighted by Gasteiger charge is -2.11. The molecule has 0 aliphatic carbocycles. The lowest BCUT2D eigenvalue weighted by atomic mass is 10.3. The molecule has 0 amide bonds. The van der Waals surface area contributed by atoms with Crippen molar-refractivity contribution >= 4 is 28.9 Å². The van der Waals surface area contributed by atoms with Crippen LogP contribution in [0.3, 0.4) is 0 Å². The molecule has 0 saturated heterocycles. The van der Waals surface area contributed by atoms with Gasteiger partial charge in [-0.3, -0.25) is 0 Å². The molecule has 0 saturated carbocycles. The van der Waals surface area contributed by atoms with Gasteiger partial charge in [0.15, 0.2) is 0 Å². The summed E-state index contributed by atoms with van der Waals surface area (Å²) >= 11 is 5.98. The van der Waals surface area contributed by atoms with Crippen LogP contribution in [-0.2, 0) is 0 Å². The van der Waals surface area contributed by atoms with Crippen molar-refractivity contribution in [1.29, 1.82) is 0 Å². The largest absolute Gasteiger partial charge is 0.495 e. The molecule has 5 nitrogen and oxygen atoms in total. The van der Waals surface area contributed by atoms with Gasteiger partial charge in [-0.1, -0.05) is 11.6 Å². The predicted octanol–water partition coefficient (Wildman–Crippen LogP) is 3.31. The van der Waals surface area contributed by atoms with E-state index in [-0.39, 0.29) is 0 Å². The van der Waals surface area contributed by atoms with Gasteiger partial charge < -0.3 is 15.4 Å². The second kappa shape index (κ2) is 6.24. The molecule has 0 radical (unpaired) electrons. The maximum Gasteiger partial charge on any atom is 0.142 e. The molecule has 100 valence electrons. The third kappa shape index (κ3) is 3.48. The first kappa shape index (κ1) is 13.4. The zero-order chi connectivity index (χ0) is 13.7. The highest BCUT2D eigenvalue weighted by molar-refractivity contribution is 6.31. The predicted molar refractivity (Wildman–Crippen MR) is 77.5 cm³/mol. The summed E-state index contributed by atoms with van der Waals surface area (Å²) in [6, 6.07) is 7.19. The summed E-state index contributed by atoms with van der Waals surface area (Å²) in [4.78, 5) is 8.27. The number of hydrogen-bond donors (Lipinski definition) is 2. The van der Waals surface area contributed by atoms with Gasteiger partial charge in [0.25, 0.3) is 0 Å². The van der Waals surface area contributed by atoms with Gasteiger partial charge >= 0.3 is 0 Å². The van der Waals surface area contributed by atoms with Crippen LogP contribution in [0.25, 0.3) is 0 Å². The van der Waals surface area contributed by atoms with Crippen molar-refractivity contribution in [2.75, 3.05) is 24.3 Å². The second-order valence-corrected chi connectivity index (χ2v) is 4.22. The third-order valence-electron chi connectivity index (χ3n) is 2.45. The van der Waals surface area contributed by atoms with Gasteiger partial charge in [-0.2, -0.15) is 0 Å². The van der Waals surface area contributed by atoms with E-state index < -0.39 is 0 Å². The summed E-state index contributed by atoms with van der Waals surface area (Å²) in [7, 11) is 1.61. The van der Waals surface area contributed by atoms with Crippen LogP contribution in [0.2, 0.25) is 5.02 Å². The summed E-state index contributed by atoms with van der Waals surface area (Å²) in [5, 5.41) is 6.92. The Bertz CT molecular complexity index is 562. The lowest BCUT2D eigenvalue weighted by Crippen LogP contribution is -2.02. The fraction of sp³-hybridized carbons (Fsp3) is 0.231. The van der Waals surface area contributed by atoms with Crippen LogP contribution in [0.1, 0.15) is 6.92 Å². The molecule has 1 aromatic carbocycles. The Morgan fingerprint density at radius 2 is 2.00 bits per heavy atom. The van der Waals surface area contributed by atoms with E-state index in [1.165, 1.54) is 6.33 Å². The summed E-state index contributed by atoms with van der Waals surface area (Å²) in [6.07, 6.45) is 1.50. The van der Waals surface area contributed by atoms with E-state index in [0.717, 1.165) is 18.1 Å². The molecule has 0 bridgehead atoms. The minimum atomic E-state index is 0.629. The highest BCUT2D eigenvalue weighted by Crippen LogP contribution is 2.30. The van der Waals surface area contributed by atoms with Crippen molar-refractivity contribution in [3.63, 3.8) is 0 Å². The molecule has 0 spiro atoms. The van der Waals surface area contributed by atoms with Crippen LogP contribution in [0.15, 0.2) is 30.6 Å². The van der Waals surface area contributed by atoms with Crippen molar-refractivity contribution in [3.8, 4) is 5.75 Å². The standard InChI is InChI=1S/C13H15ClN4O/c1-3-15-12-7-13(17-8-16-12)18-10-6-9(14)4-5-11(10)19-2/h4-8H,3H2,1-2H3,(H2,15,16,17,18). The molecule has 1 aromatic heterocycles. The van der Waals surface area contributed by atoms with E-state index in [1.54, 1.807) is 25.3 Å². The molecule has 6 heteroatoms. The smallest absolute Gasteiger partial charge is 0.142 e. The monoisotopic (exact) mass is 278 g/mol. The van der Waals surface area contributed by atoms with E-state index in [1.807, 2.05) is 13.0 Å². The van der Waals surface area contributed by atoms with Crippen LogP contribution in [0, 0.1) is 0 Å². The quantitative estimate of drug-likeness (QED) is 0.879. The number of nitrogens with one attached hydrogen (secondary N) is 2. The third-order valence-corrected chi connectivity index (χ3v) is 2.68. The molecule has 1 heterocycles. The van der Waals surface area contributed by atoms with Gasteiger partial charge in [-0.25, -0.2) is 9.97 Å². The van der Waals surface area contributed by atoms with E-state index in [0.29, 0.717) is 16.6 Å². The first-order valence-corrected chi connectivity index (χ1v) is 6.27. The number of methoxy groups -OCH3 is 1. The molecule has 2 N–H and O–H groups in total. The molecular formula is C13H15ClN4O. The normalized spacial score (nSPS) is 10.1. The van der Waals surface area contributed by atoms with Crippen LogP contribution in [0.4, 0.5) is 17.3 Å². The highest BCUT2D eigenvalue weighted by Gasteiger charge is 2.05. The number of halogens is 1. The average Bonchev–Trinajstić information content (AvgIpc) is 2.40. The highest BCUT2D eigenvalue weighted by atomic mass is 35.5. The van der Waals surface area contributed by atoms with Gasteiger partial charge in [0.1, 0.15) is 23.7 Å². The van der Waals surface area contributed by atoms with E-state index in [4.69, 9.17) is 16.3 Å². The van der Waals surface area contributed by atoms with Crippen LogP contribution < -0.4 is 15.4 Å². The maximum absolute atomic E-state index is 5.98. The fourth-order valence-electron chi connectivity index (χ4n) is 1.62. The summed E-state index contributed by atoms with van der Waals surface area (Å²) in [5.41, 5.74) is 0.760. The Hall–Kier alpha value is -2.01. The van der Waals surface area contributed by atoms with E-state index in [9.17, 15) is 0 Å². The zero-order valence-corrected chi connectivity index (χ0v) is 11.5. The molecular weight excluding hydrogens is 264 g/mol. The summed E-state index contributed by atoms with van der Waals surface area (Å²) in [6.45, 7) is 2.81.